The zero-order valence-electron chi connectivity index (χ0n) is 12.7. The summed E-state index contributed by atoms with van der Waals surface area (Å²) in [6.07, 6.45) is -0.856. The molecule has 124 valence electrons. The van der Waals surface area contributed by atoms with Crippen molar-refractivity contribution in [3.63, 3.8) is 0 Å². The molecule has 0 bridgehead atoms. The molecule has 0 saturated heterocycles. The second-order valence-electron chi connectivity index (χ2n) is 5.31. The Balaban J connectivity index is 2.16. The molecule has 0 fully saturated rings. The van der Waals surface area contributed by atoms with E-state index >= 15 is 0 Å². The highest BCUT2D eigenvalue weighted by Crippen LogP contribution is 2.25. The van der Waals surface area contributed by atoms with Crippen LogP contribution in [0.15, 0.2) is 60.7 Å². The Kier molecular flexibility index (Phi) is 6.37. The third-order valence-corrected chi connectivity index (χ3v) is 3.64. The predicted octanol–water partition coefficient (Wildman–Crippen LogP) is 1.43. The minimum atomic E-state index is -1.25. The molecule has 5 N–H and O–H groups in total. The van der Waals surface area contributed by atoms with Gasteiger partial charge in [0.25, 0.3) is 0 Å². The summed E-state index contributed by atoms with van der Waals surface area (Å²) in [7, 11) is 0. The Morgan fingerprint density at radius 1 is 0.783 bits per heavy atom. The highest BCUT2D eigenvalue weighted by molar-refractivity contribution is 5.44. The van der Waals surface area contributed by atoms with Gasteiger partial charge in [-0.25, -0.2) is 0 Å². The molecular weight excluding hydrogens is 296 g/mol. The van der Waals surface area contributed by atoms with Crippen molar-refractivity contribution >= 4 is 11.4 Å². The van der Waals surface area contributed by atoms with Crippen molar-refractivity contribution in [2.75, 3.05) is 30.6 Å². The van der Waals surface area contributed by atoms with Crippen LogP contribution < -0.4 is 10.8 Å². The Morgan fingerprint density at radius 2 is 1.26 bits per heavy atom. The minimum absolute atomic E-state index is 0.443. The van der Waals surface area contributed by atoms with Gasteiger partial charge in [0.2, 0.25) is 0 Å². The second kappa shape index (κ2) is 8.50. The minimum Gasteiger partial charge on any atom is -0.395 e. The summed E-state index contributed by atoms with van der Waals surface area (Å²) in [4.78, 5) is 5.63. The quantitative estimate of drug-likeness (QED) is 0.355. The number of anilines is 2. The van der Waals surface area contributed by atoms with E-state index in [1.54, 1.807) is 0 Å². The van der Waals surface area contributed by atoms with E-state index in [1.165, 1.54) is 0 Å². The zero-order valence-corrected chi connectivity index (χ0v) is 12.7. The van der Waals surface area contributed by atoms with Crippen molar-refractivity contribution in [1.29, 1.82) is 0 Å². The molecule has 0 heterocycles. The Bertz CT molecular complexity index is 553. The van der Waals surface area contributed by atoms with Crippen LogP contribution in [0.5, 0.6) is 0 Å². The highest BCUT2D eigenvalue weighted by atomic mass is 16.7. The fraction of sp³-hybridized carbons (Fsp3) is 0.294. The maximum Gasteiger partial charge on any atom is 0.167 e. The first-order valence-corrected chi connectivity index (χ1v) is 7.35. The van der Waals surface area contributed by atoms with E-state index in [-0.39, 0.29) is 0 Å². The molecule has 0 aromatic heterocycles. The molecule has 0 radical (unpaired) electrons. The van der Waals surface area contributed by atoms with Crippen molar-refractivity contribution in [2.24, 2.45) is 5.41 Å². The van der Waals surface area contributed by atoms with Gasteiger partial charge < -0.3 is 20.6 Å². The number of para-hydroxylation sites is 2. The predicted molar refractivity (Wildman–Crippen MR) is 88.7 cm³/mol. The lowest BCUT2D eigenvalue weighted by Crippen LogP contribution is -2.51. The Morgan fingerprint density at radius 3 is 1.74 bits per heavy atom. The Labute approximate surface area is 135 Å². The van der Waals surface area contributed by atoms with Crippen LogP contribution in [0.1, 0.15) is 0 Å². The maximum absolute atomic E-state index is 9.65. The molecule has 2 aromatic carbocycles. The number of hydrogen-bond acceptors (Lipinski definition) is 6. The van der Waals surface area contributed by atoms with E-state index < -0.39 is 31.5 Å². The van der Waals surface area contributed by atoms with Gasteiger partial charge in [-0.3, -0.25) is 10.3 Å². The van der Waals surface area contributed by atoms with E-state index in [0.29, 0.717) is 0 Å². The van der Waals surface area contributed by atoms with Crippen molar-refractivity contribution in [3.8, 4) is 0 Å². The van der Waals surface area contributed by atoms with Crippen LogP contribution in [0.3, 0.4) is 0 Å². The number of aliphatic hydroxyl groups is 3. The van der Waals surface area contributed by atoms with Gasteiger partial charge in [-0.05, 0) is 24.3 Å². The van der Waals surface area contributed by atoms with Crippen LogP contribution in [-0.2, 0) is 4.84 Å². The maximum atomic E-state index is 9.65. The van der Waals surface area contributed by atoms with Gasteiger partial charge in [0.1, 0.15) is 0 Å². The number of benzene rings is 2. The van der Waals surface area contributed by atoms with E-state index in [4.69, 9.17) is 4.84 Å². The smallest absolute Gasteiger partial charge is 0.167 e. The lowest BCUT2D eigenvalue weighted by molar-refractivity contribution is -0.0874. The first-order chi connectivity index (χ1) is 11.2. The molecular formula is C17H22N2O4. The highest BCUT2D eigenvalue weighted by Gasteiger charge is 2.39. The van der Waals surface area contributed by atoms with Crippen LogP contribution in [0, 0.1) is 5.41 Å². The lowest BCUT2D eigenvalue weighted by atomic mass is 9.88. The molecule has 2 rings (SSSR count). The Hall–Kier alpha value is -2.12. The van der Waals surface area contributed by atoms with E-state index in [0.717, 1.165) is 11.4 Å². The summed E-state index contributed by atoms with van der Waals surface area (Å²) >= 11 is 0. The molecule has 0 aliphatic heterocycles. The first-order valence-electron chi connectivity index (χ1n) is 7.35. The summed E-state index contributed by atoms with van der Waals surface area (Å²) in [6.45, 7) is -1.33. The van der Waals surface area contributed by atoms with Gasteiger partial charge in [0.05, 0.1) is 30.9 Å². The molecule has 6 heteroatoms. The third-order valence-electron chi connectivity index (χ3n) is 3.64. The van der Waals surface area contributed by atoms with Crippen LogP contribution in [-0.4, -0.2) is 41.4 Å². The van der Waals surface area contributed by atoms with E-state index in [1.807, 2.05) is 60.7 Å². The summed E-state index contributed by atoms with van der Waals surface area (Å²) in [5, 5.41) is 32.0. The van der Waals surface area contributed by atoms with E-state index in [2.05, 4.69) is 10.8 Å². The molecule has 0 amide bonds. The topological polar surface area (TPSA) is 94.0 Å². The van der Waals surface area contributed by atoms with Crippen LogP contribution in [0.2, 0.25) is 0 Å². The molecule has 23 heavy (non-hydrogen) atoms. The van der Waals surface area contributed by atoms with E-state index in [9.17, 15) is 15.3 Å². The van der Waals surface area contributed by atoms with Gasteiger partial charge in [0.15, 0.2) is 6.23 Å². The third kappa shape index (κ3) is 4.43. The SMILES string of the molecule is OCC(CO)(CO)C(Nc1ccccc1)ONc1ccccc1. The average molecular weight is 318 g/mol. The largest absolute Gasteiger partial charge is 0.395 e. The fourth-order valence-corrected chi connectivity index (χ4v) is 2.03. The monoisotopic (exact) mass is 318 g/mol. The first kappa shape index (κ1) is 17.2. The summed E-state index contributed by atoms with van der Waals surface area (Å²) in [5.74, 6) is 0. The van der Waals surface area contributed by atoms with Gasteiger partial charge in [-0.1, -0.05) is 36.4 Å². The summed E-state index contributed by atoms with van der Waals surface area (Å²) in [6, 6.07) is 18.4. The zero-order chi connectivity index (χ0) is 16.5. The molecule has 0 aliphatic carbocycles. The molecule has 1 unspecified atom stereocenters. The molecule has 6 nitrogen and oxygen atoms in total. The molecule has 0 aliphatic rings. The van der Waals surface area contributed by atoms with Crippen molar-refractivity contribution in [3.05, 3.63) is 60.7 Å². The number of nitrogens with one attached hydrogen (secondary N) is 2. The normalized spacial score (nSPS) is 12.7. The molecule has 0 spiro atoms. The number of rotatable bonds is 9. The van der Waals surface area contributed by atoms with Crippen LogP contribution in [0.4, 0.5) is 11.4 Å². The second-order valence-corrected chi connectivity index (χ2v) is 5.31. The van der Waals surface area contributed by atoms with Crippen LogP contribution in [0.25, 0.3) is 0 Å². The number of hydrogen-bond donors (Lipinski definition) is 5. The summed E-state index contributed by atoms with van der Waals surface area (Å²) < 4.78 is 0. The lowest BCUT2D eigenvalue weighted by Gasteiger charge is -2.36. The fourth-order valence-electron chi connectivity index (χ4n) is 2.03. The van der Waals surface area contributed by atoms with Gasteiger partial charge in [-0.15, -0.1) is 0 Å². The van der Waals surface area contributed by atoms with Gasteiger partial charge in [-0.2, -0.15) is 0 Å². The molecule has 0 saturated carbocycles. The van der Waals surface area contributed by atoms with Gasteiger partial charge >= 0.3 is 0 Å². The standard InChI is InChI=1S/C17H22N2O4/c20-11-17(12-21,13-22)16(18-14-7-3-1-4-8-14)23-19-15-9-5-2-6-10-15/h1-10,16,18-22H,11-13H2. The summed E-state index contributed by atoms with van der Waals surface area (Å²) in [5.41, 5.74) is 2.99. The van der Waals surface area contributed by atoms with Crippen molar-refractivity contribution < 1.29 is 20.2 Å². The number of aliphatic hydroxyl groups excluding tert-OH is 3. The van der Waals surface area contributed by atoms with Crippen molar-refractivity contribution in [2.45, 2.75) is 6.23 Å². The molecule has 2 aromatic rings. The molecule has 1 atom stereocenters. The van der Waals surface area contributed by atoms with Crippen molar-refractivity contribution in [1.82, 2.24) is 0 Å². The van der Waals surface area contributed by atoms with Gasteiger partial charge in [0, 0.05) is 5.69 Å². The van der Waals surface area contributed by atoms with Crippen LogP contribution >= 0.6 is 0 Å². The average Bonchev–Trinajstić information content (AvgIpc) is 2.63.